The minimum Gasteiger partial charge on any atom is -0.204 e. The molecule has 0 fully saturated rings. The Hall–Kier alpha value is -3.79. The van der Waals surface area contributed by atoms with Crippen LogP contribution in [0.25, 0.3) is 34.4 Å². The van der Waals surface area contributed by atoms with Crippen LogP contribution in [0, 0.1) is 0 Å². The molecule has 0 aliphatic rings. The summed E-state index contributed by atoms with van der Waals surface area (Å²) < 4.78 is 1.64. The average Bonchev–Trinajstić information content (AvgIpc) is 3.30. The molecular formula is C23H16N4. The van der Waals surface area contributed by atoms with Gasteiger partial charge in [0.2, 0.25) is 0 Å². The van der Waals surface area contributed by atoms with Crippen LogP contribution in [-0.4, -0.2) is 19.8 Å². The summed E-state index contributed by atoms with van der Waals surface area (Å²) in [7, 11) is 0. The SMILES string of the molecule is C(/c1ccccc1)=c1\c(-c2ccccc2)nn2nc(-c3ccccc3)nc12. The summed E-state index contributed by atoms with van der Waals surface area (Å²) in [6, 6.07) is 30.3. The maximum Gasteiger partial charge on any atom is 0.186 e. The molecule has 0 atom stereocenters. The monoisotopic (exact) mass is 348 g/mol. The molecule has 128 valence electrons. The van der Waals surface area contributed by atoms with Gasteiger partial charge < -0.3 is 0 Å². The molecule has 5 aromatic rings. The molecule has 0 spiro atoms. The zero-order valence-electron chi connectivity index (χ0n) is 14.5. The molecule has 0 amide bonds. The minimum atomic E-state index is 0.681. The van der Waals surface area contributed by atoms with E-state index in [0.29, 0.717) is 5.82 Å². The van der Waals surface area contributed by atoms with E-state index < -0.39 is 0 Å². The molecule has 0 saturated heterocycles. The minimum absolute atomic E-state index is 0.681. The predicted octanol–water partition coefficient (Wildman–Crippen LogP) is 4.01. The van der Waals surface area contributed by atoms with Crippen molar-refractivity contribution in [3.63, 3.8) is 0 Å². The lowest BCUT2D eigenvalue weighted by atomic mass is 10.1. The molecule has 4 nitrogen and oxygen atoms in total. The number of aromatic nitrogens is 4. The summed E-state index contributed by atoms with van der Waals surface area (Å²) >= 11 is 0. The first-order valence-corrected chi connectivity index (χ1v) is 8.83. The Morgan fingerprint density at radius 1 is 0.630 bits per heavy atom. The largest absolute Gasteiger partial charge is 0.204 e. The van der Waals surface area contributed by atoms with Crippen molar-refractivity contribution in [3.05, 3.63) is 102 Å². The first kappa shape index (κ1) is 15.5. The Balaban J connectivity index is 1.77. The summed E-state index contributed by atoms with van der Waals surface area (Å²) in [5, 5.41) is 10.3. The van der Waals surface area contributed by atoms with E-state index >= 15 is 0 Å². The maximum absolute atomic E-state index is 4.78. The molecule has 27 heavy (non-hydrogen) atoms. The second-order valence-electron chi connectivity index (χ2n) is 6.30. The van der Waals surface area contributed by atoms with Crippen LogP contribution in [0.15, 0.2) is 91.0 Å². The highest BCUT2D eigenvalue weighted by molar-refractivity contribution is 5.71. The maximum atomic E-state index is 4.78. The molecule has 3 aromatic carbocycles. The highest BCUT2D eigenvalue weighted by Crippen LogP contribution is 2.18. The van der Waals surface area contributed by atoms with Gasteiger partial charge in [-0.1, -0.05) is 91.0 Å². The van der Waals surface area contributed by atoms with Crippen molar-refractivity contribution < 1.29 is 0 Å². The lowest BCUT2D eigenvalue weighted by molar-refractivity contribution is 0.828. The van der Waals surface area contributed by atoms with E-state index in [1.54, 1.807) is 4.63 Å². The van der Waals surface area contributed by atoms with Gasteiger partial charge in [0.1, 0.15) is 5.69 Å². The highest BCUT2D eigenvalue weighted by atomic mass is 15.5. The zero-order chi connectivity index (χ0) is 18.1. The van der Waals surface area contributed by atoms with Crippen molar-refractivity contribution in [3.8, 4) is 22.6 Å². The Bertz CT molecular complexity index is 1240. The molecule has 0 bridgehead atoms. The van der Waals surface area contributed by atoms with Crippen LogP contribution in [0.1, 0.15) is 5.56 Å². The van der Waals surface area contributed by atoms with Crippen LogP contribution in [0.2, 0.25) is 0 Å². The topological polar surface area (TPSA) is 43.1 Å². The molecule has 5 rings (SSSR count). The number of hydrogen-bond acceptors (Lipinski definition) is 3. The van der Waals surface area contributed by atoms with Gasteiger partial charge in [-0.05, 0) is 11.6 Å². The van der Waals surface area contributed by atoms with Gasteiger partial charge in [0, 0.05) is 16.3 Å². The van der Waals surface area contributed by atoms with Crippen molar-refractivity contribution in [2.75, 3.05) is 0 Å². The quantitative estimate of drug-likeness (QED) is 0.495. The summed E-state index contributed by atoms with van der Waals surface area (Å²) in [6.07, 6.45) is 2.12. The third-order valence-electron chi connectivity index (χ3n) is 4.47. The molecule has 0 radical (unpaired) electrons. The number of benzene rings is 3. The van der Waals surface area contributed by atoms with Gasteiger partial charge in [-0.25, -0.2) is 4.98 Å². The highest BCUT2D eigenvalue weighted by Gasteiger charge is 2.15. The fourth-order valence-corrected chi connectivity index (χ4v) is 3.16. The molecule has 0 aliphatic carbocycles. The lowest BCUT2D eigenvalue weighted by Crippen LogP contribution is -2.04. The van der Waals surface area contributed by atoms with Crippen molar-refractivity contribution in [2.24, 2.45) is 0 Å². The second kappa shape index (κ2) is 6.50. The fourth-order valence-electron chi connectivity index (χ4n) is 3.16. The van der Waals surface area contributed by atoms with Gasteiger partial charge in [-0.15, -0.1) is 14.8 Å². The normalized spacial score (nSPS) is 11.9. The van der Waals surface area contributed by atoms with Gasteiger partial charge in [0.05, 0.1) is 0 Å². The Morgan fingerprint density at radius 3 is 1.89 bits per heavy atom. The van der Waals surface area contributed by atoms with E-state index in [1.165, 1.54) is 0 Å². The third-order valence-corrected chi connectivity index (χ3v) is 4.47. The molecule has 4 heteroatoms. The molecular weight excluding hydrogens is 332 g/mol. The van der Waals surface area contributed by atoms with Gasteiger partial charge in [-0.3, -0.25) is 0 Å². The molecule has 0 aliphatic heterocycles. The van der Waals surface area contributed by atoms with Crippen LogP contribution in [0.3, 0.4) is 0 Å². The fraction of sp³-hybridized carbons (Fsp3) is 0. The van der Waals surface area contributed by atoms with E-state index in [2.05, 4.69) is 35.4 Å². The summed E-state index contributed by atoms with van der Waals surface area (Å²) in [5.74, 6) is 0.681. The molecule has 0 saturated carbocycles. The van der Waals surface area contributed by atoms with Crippen molar-refractivity contribution in [1.82, 2.24) is 19.8 Å². The third kappa shape index (κ3) is 2.87. The number of rotatable bonds is 3. The van der Waals surface area contributed by atoms with Crippen LogP contribution < -0.4 is 5.22 Å². The smallest absolute Gasteiger partial charge is 0.186 e. The average molecular weight is 348 g/mol. The Kier molecular flexibility index (Phi) is 3.72. The van der Waals surface area contributed by atoms with Crippen molar-refractivity contribution in [2.45, 2.75) is 0 Å². The van der Waals surface area contributed by atoms with Crippen molar-refractivity contribution in [1.29, 1.82) is 0 Å². The number of nitrogens with zero attached hydrogens (tertiary/aromatic N) is 4. The van der Waals surface area contributed by atoms with Crippen LogP contribution in [0.4, 0.5) is 0 Å². The van der Waals surface area contributed by atoms with Crippen molar-refractivity contribution >= 4 is 11.7 Å². The van der Waals surface area contributed by atoms with Gasteiger partial charge in [0.25, 0.3) is 0 Å². The molecule has 2 aromatic heterocycles. The van der Waals surface area contributed by atoms with E-state index in [4.69, 9.17) is 10.1 Å². The summed E-state index contributed by atoms with van der Waals surface area (Å²) in [5.41, 5.74) is 4.78. The van der Waals surface area contributed by atoms with E-state index in [-0.39, 0.29) is 0 Å². The first-order chi connectivity index (χ1) is 13.4. The van der Waals surface area contributed by atoms with Gasteiger partial charge in [-0.2, -0.15) is 0 Å². The number of hydrogen-bond donors (Lipinski definition) is 0. The van der Waals surface area contributed by atoms with Gasteiger partial charge in [0.15, 0.2) is 11.5 Å². The lowest BCUT2D eigenvalue weighted by Gasteiger charge is -1.97. The van der Waals surface area contributed by atoms with Crippen LogP contribution in [-0.2, 0) is 0 Å². The zero-order valence-corrected chi connectivity index (χ0v) is 14.5. The molecule has 0 unspecified atom stereocenters. The Labute approximate surface area is 156 Å². The molecule has 2 heterocycles. The molecule has 0 N–H and O–H groups in total. The summed E-state index contributed by atoms with van der Waals surface area (Å²) in [4.78, 5) is 4.78. The predicted molar refractivity (Wildman–Crippen MR) is 107 cm³/mol. The summed E-state index contributed by atoms with van der Waals surface area (Å²) in [6.45, 7) is 0. The van der Waals surface area contributed by atoms with E-state index in [9.17, 15) is 0 Å². The van der Waals surface area contributed by atoms with E-state index in [1.807, 2.05) is 66.7 Å². The Morgan fingerprint density at radius 2 is 1.22 bits per heavy atom. The van der Waals surface area contributed by atoms with Gasteiger partial charge >= 0.3 is 0 Å². The number of fused-ring (bicyclic) bond motifs is 1. The standard InChI is InChI=1S/C23H16N4/c1-4-10-17(11-5-1)16-20-21(18-12-6-2-7-13-18)25-27-23(20)24-22(26-27)19-14-8-3-9-15-19/h1-16H/b20-16-. The first-order valence-electron chi connectivity index (χ1n) is 8.83. The van der Waals surface area contributed by atoms with Crippen LogP contribution in [0.5, 0.6) is 0 Å². The second-order valence-corrected chi connectivity index (χ2v) is 6.30. The van der Waals surface area contributed by atoms with E-state index in [0.717, 1.165) is 33.3 Å². The van der Waals surface area contributed by atoms with Crippen LogP contribution >= 0.6 is 0 Å².